The van der Waals surface area contributed by atoms with E-state index in [1.54, 1.807) is 12.1 Å². The summed E-state index contributed by atoms with van der Waals surface area (Å²) in [5.41, 5.74) is 1.71. The van der Waals surface area contributed by atoms with Gasteiger partial charge >= 0.3 is 0 Å². The third-order valence-corrected chi connectivity index (χ3v) is 5.19. The second-order valence-electron chi connectivity index (χ2n) is 6.20. The molecule has 0 fully saturated rings. The highest BCUT2D eigenvalue weighted by molar-refractivity contribution is 7.99. The fourth-order valence-electron chi connectivity index (χ4n) is 2.61. The Labute approximate surface area is 178 Å². The van der Waals surface area contributed by atoms with E-state index in [1.807, 2.05) is 54.0 Å². The van der Waals surface area contributed by atoms with E-state index in [4.69, 9.17) is 16.3 Å². The van der Waals surface area contributed by atoms with E-state index < -0.39 is 0 Å². The van der Waals surface area contributed by atoms with Crippen LogP contribution in [0.25, 0.3) is 0 Å². The molecule has 0 saturated carbocycles. The number of ether oxygens (including phenoxy) is 1. The summed E-state index contributed by atoms with van der Waals surface area (Å²) in [5.74, 6) is 1.51. The molecular formula is C21H21ClN4O2S. The van der Waals surface area contributed by atoms with Crippen LogP contribution in [0.3, 0.4) is 0 Å². The van der Waals surface area contributed by atoms with Crippen molar-refractivity contribution >= 4 is 35.0 Å². The van der Waals surface area contributed by atoms with E-state index in [2.05, 4.69) is 22.1 Å². The van der Waals surface area contributed by atoms with Gasteiger partial charge in [0.15, 0.2) is 11.0 Å². The topological polar surface area (TPSA) is 69.0 Å². The minimum absolute atomic E-state index is 0.107. The van der Waals surface area contributed by atoms with Crippen molar-refractivity contribution in [3.05, 3.63) is 77.6 Å². The lowest BCUT2D eigenvalue weighted by atomic mass is 10.2. The molecule has 29 heavy (non-hydrogen) atoms. The van der Waals surface area contributed by atoms with Gasteiger partial charge in [-0.1, -0.05) is 47.6 Å². The molecule has 3 aromatic rings. The summed E-state index contributed by atoms with van der Waals surface area (Å²) in [7, 11) is 0. The van der Waals surface area contributed by atoms with Crippen molar-refractivity contribution in [2.75, 3.05) is 11.1 Å². The number of rotatable bonds is 9. The molecule has 1 heterocycles. The summed E-state index contributed by atoms with van der Waals surface area (Å²) in [6, 6.07) is 14.8. The molecule has 0 aliphatic rings. The molecular weight excluding hydrogens is 408 g/mol. The van der Waals surface area contributed by atoms with Crippen LogP contribution in [-0.2, 0) is 17.9 Å². The summed E-state index contributed by atoms with van der Waals surface area (Å²) in [5, 5.41) is 12.6. The van der Waals surface area contributed by atoms with E-state index in [0.29, 0.717) is 22.5 Å². The number of para-hydroxylation sites is 1. The number of halogens is 1. The first kappa shape index (κ1) is 21.0. The van der Waals surface area contributed by atoms with Crippen LogP contribution in [0.1, 0.15) is 11.4 Å². The van der Waals surface area contributed by atoms with Crippen LogP contribution in [0.15, 0.2) is 66.3 Å². The average Bonchev–Trinajstić information content (AvgIpc) is 3.08. The van der Waals surface area contributed by atoms with Crippen LogP contribution < -0.4 is 10.1 Å². The first-order valence-electron chi connectivity index (χ1n) is 8.96. The number of hydrogen-bond donors (Lipinski definition) is 1. The van der Waals surface area contributed by atoms with Gasteiger partial charge in [0.05, 0.1) is 5.75 Å². The molecule has 1 amide bonds. The normalized spacial score (nSPS) is 10.6. The summed E-state index contributed by atoms with van der Waals surface area (Å²) in [6.45, 7) is 6.50. The Balaban J connectivity index is 1.63. The molecule has 150 valence electrons. The monoisotopic (exact) mass is 428 g/mol. The molecule has 0 unspecified atom stereocenters. The molecule has 0 aliphatic heterocycles. The molecule has 1 N–H and O–H groups in total. The first-order chi connectivity index (χ1) is 14.1. The van der Waals surface area contributed by atoms with Crippen LogP contribution in [0, 0.1) is 6.92 Å². The van der Waals surface area contributed by atoms with E-state index >= 15 is 0 Å². The second-order valence-corrected chi connectivity index (χ2v) is 7.58. The van der Waals surface area contributed by atoms with Gasteiger partial charge in [0.25, 0.3) is 0 Å². The Morgan fingerprint density at radius 1 is 1.28 bits per heavy atom. The summed E-state index contributed by atoms with van der Waals surface area (Å²) in [6.07, 6.45) is 1.76. The van der Waals surface area contributed by atoms with E-state index in [0.717, 1.165) is 17.0 Å². The lowest BCUT2D eigenvalue weighted by Crippen LogP contribution is -2.15. The number of nitrogens with one attached hydrogen (secondary N) is 1. The standard InChI is InChI=1S/C21H21ClN4O2S/c1-3-11-26-19(13-28-18-10-9-16(22)12-15(18)2)24-25-21(26)29-14-20(27)23-17-7-5-4-6-8-17/h3-10,12H,1,11,13-14H2,2H3,(H,23,27). The molecule has 3 rings (SSSR count). The molecule has 0 aliphatic carbocycles. The van der Waals surface area contributed by atoms with Gasteiger partial charge in [-0.25, -0.2) is 0 Å². The molecule has 0 saturated heterocycles. The van der Waals surface area contributed by atoms with Crippen LogP contribution in [0.2, 0.25) is 5.02 Å². The minimum Gasteiger partial charge on any atom is -0.485 e. The smallest absolute Gasteiger partial charge is 0.234 e. The van der Waals surface area contributed by atoms with Gasteiger partial charge < -0.3 is 10.1 Å². The fraction of sp³-hybridized carbons (Fsp3) is 0.190. The number of amides is 1. The predicted molar refractivity (Wildman–Crippen MR) is 117 cm³/mol. The molecule has 0 radical (unpaired) electrons. The first-order valence-corrected chi connectivity index (χ1v) is 10.3. The zero-order valence-electron chi connectivity index (χ0n) is 16.0. The van der Waals surface area contributed by atoms with Crippen molar-refractivity contribution in [3.8, 4) is 5.75 Å². The van der Waals surface area contributed by atoms with Gasteiger partial charge in [-0.3, -0.25) is 9.36 Å². The number of carbonyl (C=O) groups excluding carboxylic acids is 1. The molecule has 0 bridgehead atoms. The number of anilines is 1. The zero-order chi connectivity index (χ0) is 20.6. The molecule has 0 atom stereocenters. The molecule has 0 spiro atoms. The number of nitrogens with zero attached hydrogens (tertiary/aromatic N) is 3. The van der Waals surface area contributed by atoms with Crippen LogP contribution in [0.5, 0.6) is 5.75 Å². The van der Waals surface area contributed by atoms with Gasteiger partial charge in [0.2, 0.25) is 5.91 Å². The van der Waals surface area contributed by atoms with Gasteiger partial charge in [0.1, 0.15) is 12.4 Å². The zero-order valence-corrected chi connectivity index (χ0v) is 17.5. The molecule has 8 heteroatoms. The number of benzene rings is 2. The second kappa shape index (κ2) is 10.1. The number of hydrogen-bond acceptors (Lipinski definition) is 5. The molecule has 2 aromatic carbocycles. The summed E-state index contributed by atoms with van der Waals surface area (Å²) in [4.78, 5) is 12.2. The lowest BCUT2D eigenvalue weighted by molar-refractivity contribution is -0.113. The maximum absolute atomic E-state index is 12.2. The van der Waals surface area contributed by atoms with Gasteiger partial charge in [-0.15, -0.1) is 16.8 Å². The van der Waals surface area contributed by atoms with Crippen molar-refractivity contribution in [3.63, 3.8) is 0 Å². The Kier molecular flexibility index (Phi) is 7.32. The van der Waals surface area contributed by atoms with E-state index in [9.17, 15) is 4.79 Å². The maximum atomic E-state index is 12.2. The highest BCUT2D eigenvalue weighted by Crippen LogP contribution is 2.23. The quantitative estimate of drug-likeness (QED) is 0.394. The average molecular weight is 429 g/mol. The Bertz CT molecular complexity index is 992. The number of thioether (sulfide) groups is 1. The minimum atomic E-state index is -0.107. The number of aryl methyl sites for hydroxylation is 1. The SMILES string of the molecule is C=CCn1c(COc2ccc(Cl)cc2C)nnc1SCC(=O)Nc1ccccc1. The molecule has 1 aromatic heterocycles. The highest BCUT2D eigenvalue weighted by Gasteiger charge is 2.14. The highest BCUT2D eigenvalue weighted by atomic mass is 35.5. The van der Waals surface area contributed by atoms with Crippen LogP contribution in [-0.4, -0.2) is 26.4 Å². The van der Waals surface area contributed by atoms with Crippen molar-refractivity contribution in [1.29, 1.82) is 0 Å². The van der Waals surface area contributed by atoms with Gasteiger partial charge in [0, 0.05) is 17.3 Å². The number of allylic oxidation sites excluding steroid dienone is 1. The Morgan fingerprint density at radius 2 is 2.07 bits per heavy atom. The third-order valence-electron chi connectivity index (χ3n) is 3.99. The Morgan fingerprint density at radius 3 is 2.79 bits per heavy atom. The van der Waals surface area contributed by atoms with Crippen molar-refractivity contribution in [2.45, 2.75) is 25.2 Å². The fourth-order valence-corrected chi connectivity index (χ4v) is 3.60. The van der Waals surface area contributed by atoms with E-state index in [1.165, 1.54) is 11.8 Å². The predicted octanol–water partition coefficient (Wildman–Crippen LogP) is 4.74. The number of aromatic nitrogens is 3. The third kappa shape index (κ3) is 5.85. The number of carbonyl (C=O) groups is 1. The Hall–Kier alpha value is -2.77. The molecule has 6 nitrogen and oxygen atoms in total. The lowest BCUT2D eigenvalue weighted by Gasteiger charge is -2.11. The summed E-state index contributed by atoms with van der Waals surface area (Å²) >= 11 is 7.31. The van der Waals surface area contributed by atoms with Crippen LogP contribution >= 0.6 is 23.4 Å². The van der Waals surface area contributed by atoms with Crippen LogP contribution in [0.4, 0.5) is 5.69 Å². The maximum Gasteiger partial charge on any atom is 0.234 e. The summed E-state index contributed by atoms with van der Waals surface area (Å²) < 4.78 is 7.77. The van der Waals surface area contributed by atoms with Crippen molar-refractivity contribution < 1.29 is 9.53 Å². The van der Waals surface area contributed by atoms with E-state index in [-0.39, 0.29) is 18.3 Å². The van der Waals surface area contributed by atoms with Gasteiger partial charge in [-0.05, 0) is 42.8 Å². The van der Waals surface area contributed by atoms with Crippen molar-refractivity contribution in [1.82, 2.24) is 14.8 Å². The van der Waals surface area contributed by atoms with Crippen molar-refractivity contribution in [2.24, 2.45) is 0 Å². The van der Waals surface area contributed by atoms with Gasteiger partial charge in [-0.2, -0.15) is 0 Å². The largest absolute Gasteiger partial charge is 0.485 e.